The molecule has 8 nitrogen and oxygen atoms in total. The lowest BCUT2D eigenvalue weighted by Crippen LogP contribution is -2.57. The van der Waals surface area contributed by atoms with Gasteiger partial charge in [-0.25, -0.2) is 0 Å². The maximum absolute atomic E-state index is 15.0. The molecule has 7 atom stereocenters. The number of para-hydroxylation sites is 1. The first-order chi connectivity index (χ1) is 21.1. The highest BCUT2D eigenvalue weighted by Crippen LogP contribution is 2.66. The molecule has 3 fully saturated rings. The maximum atomic E-state index is 15.0. The zero-order chi connectivity index (χ0) is 31.8. The van der Waals surface area contributed by atoms with E-state index in [2.05, 4.69) is 13.2 Å². The monoisotopic (exact) mass is 619 g/mol. The summed E-state index contributed by atoms with van der Waals surface area (Å²) in [5, 5.41) is 11.2. The van der Waals surface area contributed by atoms with E-state index in [9.17, 15) is 14.7 Å². The second kappa shape index (κ2) is 12.5. The summed E-state index contributed by atoms with van der Waals surface area (Å²) < 4.78 is 6.96. The van der Waals surface area contributed by atoms with Crippen LogP contribution in [0.4, 0.5) is 5.69 Å². The number of anilines is 1. The van der Waals surface area contributed by atoms with Crippen LogP contribution in [0.15, 0.2) is 79.9 Å². The van der Waals surface area contributed by atoms with E-state index in [-0.39, 0.29) is 24.3 Å². The number of halogens is 1. The van der Waals surface area contributed by atoms with Gasteiger partial charge in [-0.3, -0.25) is 14.4 Å². The van der Waals surface area contributed by atoms with Crippen LogP contribution in [0.3, 0.4) is 0 Å². The molecule has 0 aliphatic carbocycles. The van der Waals surface area contributed by atoms with Gasteiger partial charge in [-0.05, 0) is 43.4 Å². The fraction of sp³-hybridized carbons (Fsp3) is 0.457. The van der Waals surface area contributed by atoms with Crippen LogP contribution >= 0.6 is 11.6 Å². The summed E-state index contributed by atoms with van der Waals surface area (Å²) in [5.41, 5.74) is -1.10. The number of aliphatic hydroxyl groups excluding tert-OH is 1. The highest BCUT2D eigenvalue weighted by Gasteiger charge is 2.80. The van der Waals surface area contributed by atoms with Crippen molar-refractivity contribution in [3.63, 3.8) is 0 Å². The van der Waals surface area contributed by atoms with Crippen LogP contribution in [0, 0.1) is 17.8 Å². The Kier molecular flexibility index (Phi) is 9.08. The number of nitrogens with zero attached hydrogens (tertiary/aromatic N) is 3. The number of likely N-dealkylation sites (tertiary alicyclic amines) is 1. The molecule has 0 saturated carbocycles. The number of hydrogen-bond acceptors (Lipinski definition) is 5. The molecule has 0 radical (unpaired) electrons. The Bertz CT molecular complexity index is 1430. The van der Waals surface area contributed by atoms with Gasteiger partial charge in [0.15, 0.2) is 0 Å². The summed E-state index contributed by atoms with van der Waals surface area (Å²) in [6.07, 6.45) is 4.44. The van der Waals surface area contributed by atoms with Gasteiger partial charge in [0.1, 0.15) is 11.6 Å². The van der Waals surface area contributed by atoms with Crippen LogP contribution in [0.25, 0.3) is 0 Å². The van der Waals surface area contributed by atoms with Crippen LogP contribution in [0.2, 0.25) is 5.02 Å². The van der Waals surface area contributed by atoms with E-state index < -0.39 is 47.6 Å². The molecule has 1 spiro atoms. The molecule has 0 aromatic heterocycles. The molecule has 1 N–H and O–H groups in total. The first-order valence-corrected chi connectivity index (χ1v) is 15.7. The zero-order valence-corrected chi connectivity index (χ0v) is 26.5. The molecular weight excluding hydrogens is 578 g/mol. The minimum absolute atomic E-state index is 0.125. The average Bonchev–Trinajstić information content (AvgIpc) is 3.53. The van der Waals surface area contributed by atoms with Crippen LogP contribution in [-0.4, -0.2) is 76.1 Å². The predicted molar refractivity (Wildman–Crippen MR) is 171 cm³/mol. The minimum Gasteiger partial charge on any atom is -0.394 e. The van der Waals surface area contributed by atoms with Gasteiger partial charge in [-0.15, -0.1) is 13.2 Å². The normalized spacial score (nSPS) is 29.3. The first kappa shape index (κ1) is 31.9. The topological polar surface area (TPSA) is 90.4 Å². The summed E-state index contributed by atoms with van der Waals surface area (Å²) in [6, 6.07) is 14.2. The predicted octanol–water partition coefficient (Wildman–Crippen LogP) is 5.03. The second-order valence-corrected chi connectivity index (χ2v) is 12.7. The number of carbonyl (C=O) groups excluding carboxylic acids is 3. The van der Waals surface area contributed by atoms with Crippen molar-refractivity contribution >= 4 is 35.0 Å². The number of ether oxygens (including phenoxy) is 1. The Morgan fingerprint density at radius 2 is 1.77 bits per heavy atom. The lowest BCUT2D eigenvalue weighted by Gasteiger charge is -2.39. The van der Waals surface area contributed by atoms with Gasteiger partial charge in [-0.2, -0.15) is 0 Å². The van der Waals surface area contributed by atoms with Crippen molar-refractivity contribution < 1.29 is 24.2 Å². The number of carbonyl (C=O) groups is 3. The number of aliphatic hydroxyl groups is 1. The van der Waals surface area contributed by atoms with Gasteiger partial charge in [0.05, 0.1) is 40.8 Å². The Morgan fingerprint density at radius 1 is 1.11 bits per heavy atom. The third-order valence-corrected chi connectivity index (χ3v) is 10.1. The highest BCUT2D eigenvalue weighted by atomic mass is 35.5. The van der Waals surface area contributed by atoms with Gasteiger partial charge >= 0.3 is 0 Å². The van der Waals surface area contributed by atoms with Crippen LogP contribution in [0.1, 0.15) is 45.2 Å². The molecule has 2 aromatic rings. The smallest absolute Gasteiger partial charge is 0.253 e. The van der Waals surface area contributed by atoms with Crippen molar-refractivity contribution in [2.24, 2.45) is 17.8 Å². The van der Waals surface area contributed by atoms with E-state index in [4.69, 9.17) is 16.3 Å². The van der Waals surface area contributed by atoms with Crippen molar-refractivity contribution in [2.45, 2.75) is 56.9 Å². The molecule has 3 aliphatic rings. The summed E-state index contributed by atoms with van der Waals surface area (Å²) in [5.74, 6) is -2.79. The molecule has 3 saturated heterocycles. The number of rotatable bonds is 12. The first-order valence-electron chi connectivity index (χ1n) is 15.4. The molecule has 3 heterocycles. The second-order valence-electron chi connectivity index (χ2n) is 12.3. The van der Waals surface area contributed by atoms with E-state index in [0.29, 0.717) is 35.8 Å². The quantitative estimate of drug-likeness (QED) is 0.337. The summed E-state index contributed by atoms with van der Waals surface area (Å²) in [4.78, 5) is 49.0. The minimum atomic E-state index is -1.29. The van der Waals surface area contributed by atoms with Gasteiger partial charge in [0.25, 0.3) is 5.91 Å². The Balaban J connectivity index is 1.70. The zero-order valence-electron chi connectivity index (χ0n) is 25.7. The fourth-order valence-corrected chi connectivity index (χ4v) is 8.10. The van der Waals surface area contributed by atoms with E-state index in [0.717, 1.165) is 6.42 Å². The van der Waals surface area contributed by atoms with Crippen molar-refractivity contribution in [2.75, 3.05) is 31.1 Å². The molecule has 3 amide bonds. The number of hydrogen-bond donors (Lipinski definition) is 1. The maximum Gasteiger partial charge on any atom is 0.253 e. The van der Waals surface area contributed by atoms with Crippen molar-refractivity contribution in [1.82, 2.24) is 9.80 Å². The van der Waals surface area contributed by atoms with Crippen molar-refractivity contribution in [3.8, 4) is 0 Å². The van der Waals surface area contributed by atoms with Gasteiger partial charge < -0.3 is 24.5 Å². The van der Waals surface area contributed by atoms with Gasteiger partial charge in [0.2, 0.25) is 11.8 Å². The highest BCUT2D eigenvalue weighted by molar-refractivity contribution is 6.34. The van der Waals surface area contributed by atoms with E-state index in [1.165, 1.54) is 9.80 Å². The molecule has 5 rings (SSSR count). The molecule has 2 bridgehead atoms. The molecule has 9 heteroatoms. The van der Waals surface area contributed by atoms with Crippen LogP contribution in [-0.2, 0) is 19.1 Å². The van der Waals surface area contributed by atoms with Crippen molar-refractivity contribution in [3.05, 3.63) is 90.5 Å². The van der Waals surface area contributed by atoms with Gasteiger partial charge in [0, 0.05) is 19.6 Å². The Hall–Kier alpha value is -3.46. The van der Waals surface area contributed by atoms with Gasteiger partial charge in [-0.1, -0.05) is 80.1 Å². The molecule has 3 unspecified atom stereocenters. The van der Waals surface area contributed by atoms with E-state index >= 15 is 4.79 Å². The molecule has 3 aliphatic heterocycles. The lowest BCUT2D eigenvalue weighted by atomic mass is 9.62. The number of amides is 3. The third-order valence-electron chi connectivity index (χ3n) is 9.82. The third kappa shape index (κ3) is 4.88. The number of benzene rings is 2. The van der Waals surface area contributed by atoms with Crippen LogP contribution in [0.5, 0.6) is 0 Å². The summed E-state index contributed by atoms with van der Waals surface area (Å²) in [6.45, 7) is 14.2. The molecule has 234 valence electrons. The fourth-order valence-electron chi connectivity index (χ4n) is 7.87. The van der Waals surface area contributed by atoms with E-state index in [1.54, 1.807) is 41.3 Å². The Morgan fingerprint density at radius 3 is 2.39 bits per heavy atom. The van der Waals surface area contributed by atoms with Crippen LogP contribution < -0.4 is 4.90 Å². The van der Waals surface area contributed by atoms with E-state index in [1.807, 2.05) is 51.1 Å². The summed E-state index contributed by atoms with van der Waals surface area (Å²) in [7, 11) is 0. The molecule has 2 aromatic carbocycles. The number of fused-ring (bicyclic) bond motifs is 1. The Labute approximate surface area is 264 Å². The average molecular weight is 620 g/mol. The summed E-state index contributed by atoms with van der Waals surface area (Å²) >= 11 is 6.61. The molecular formula is C35H42ClN3O5. The molecule has 44 heavy (non-hydrogen) atoms. The largest absolute Gasteiger partial charge is 0.394 e. The standard InChI is InChI=1S/C35H42ClN3O5/c1-6-18-37(19-7-2)31(41)28-29-32(42)39(27(22-40)24-14-10-9-11-15-24)30(35(29)21-23(4)34(28,5)44-35)33(43)38(20-8-3)26-17-13-12-16-25(26)36/h6,8-17,23,27-30,40H,1,3,7,18-22H2,2,4-5H3/t23?,27-,28+,29+,30?,34-,35?/m1/s1. The van der Waals surface area contributed by atoms with Crippen molar-refractivity contribution in [1.29, 1.82) is 0 Å². The lowest BCUT2D eigenvalue weighted by molar-refractivity contribution is -0.153. The SMILES string of the molecule is C=CCN(CCC)C(=O)[C@@H]1[C@H]2C(=O)N([C@H](CO)c3ccccc3)C(C(=O)N(CC=C)c3ccccc3Cl)C23CC(C)[C@@]1(C)O3.